The Labute approximate surface area is 167 Å². The highest BCUT2D eigenvalue weighted by Gasteiger charge is 2.75. The normalized spacial score (nSPS) is 41.3. The van der Waals surface area contributed by atoms with Gasteiger partial charge in [0.2, 0.25) is 0 Å². The Balaban J connectivity index is 1.81. The minimum absolute atomic E-state index is 0.0480. The number of benzene rings is 2. The lowest BCUT2D eigenvalue weighted by Gasteiger charge is -2.39. The van der Waals surface area contributed by atoms with Crippen LogP contribution in [0.15, 0.2) is 83.2 Å². The molecule has 2 aromatic carbocycles. The molecule has 0 saturated carbocycles. The molecule has 2 unspecified atom stereocenters. The SMILES string of the molecule is CC1=CP(=O)(c2ccccc2)[C@@H]2[C@@H]3C(C)=C(C)[C@H]([C@]12C)P3(=O)c1ccccc1. The summed E-state index contributed by atoms with van der Waals surface area (Å²) in [6.07, 6.45) is 0. The van der Waals surface area contributed by atoms with Gasteiger partial charge in [0, 0.05) is 33.0 Å². The van der Waals surface area contributed by atoms with Crippen molar-refractivity contribution in [2.45, 2.75) is 44.7 Å². The molecule has 1 saturated heterocycles. The first-order chi connectivity index (χ1) is 13.3. The van der Waals surface area contributed by atoms with Crippen molar-refractivity contribution in [1.82, 2.24) is 0 Å². The maximum Gasteiger partial charge on any atom is 0.141 e. The highest BCUT2D eigenvalue weighted by molar-refractivity contribution is 7.80. The zero-order chi connectivity index (χ0) is 19.9. The van der Waals surface area contributed by atoms with Crippen LogP contribution in [0.3, 0.4) is 0 Å². The summed E-state index contributed by atoms with van der Waals surface area (Å²) in [5.41, 5.74) is 3.01. The molecule has 3 aliphatic heterocycles. The van der Waals surface area contributed by atoms with E-state index in [2.05, 4.69) is 27.7 Å². The van der Waals surface area contributed by atoms with Gasteiger partial charge >= 0.3 is 0 Å². The maximum atomic E-state index is 14.9. The molecule has 0 amide bonds. The predicted octanol–water partition coefficient (Wildman–Crippen LogP) is 5.76. The van der Waals surface area contributed by atoms with Gasteiger partial charge in [0.25, 0.3) is 0 Å². The van der Waals surface area contributed by atoms with Crippen LogP contribution in [-0.4, -0.2) is 17.0 Å². The molecule has 3 aliphatic rings. The lowest BCUT2D eigenvalue weighted by molar-refractivity contribution is 0.390. The Kier molecular flexibility index (Phi) is 3.76. The van der Waals surface area contributed by atoms with Crippen molar-refractivity contribution in [2.75, 3.05) is 0 Å². The first-order valence-corrected chi connectivity index (χ1v) is 13.6. The van der Waals surface area contributed by atoms with Crippen LogP contribution in [0, 0.1) is 5.41 Å². The van der Waals surface area contributed by atoms with Crippen molar-refractivity contribution >= 4 is 24.9 Å². The van der Waals surface area contributed by atoms with Crippen LogP contribution in [-0.2, 0) is 9.13 Å². The van der Waals surface area contributed by atoms with E-state index >= 15 is 0 Å². The average molecular weight is 408 g/mol. The van der Waals surface area contributed by atoms with Crippen LogP contribution in [0.4, 0.5) is 0 Å². The highest BCUT2D eigenvalue weighted by Crippen LogP contribution is 2.86. The van der Waals surface area contributed by atoms with E-state index in [1.165, 1.54) is 11.1 Å². The lowest BCUT2D eigenvalue weighted by Crippen LogP contribution is -2.41. The van der Waals surface area contributed by atoms with Gasteiger partial charge in [-0.1, -0.05) is 84.3 Å². The number of rotatable bonds is 2. The summed E-state index contributed by atoms with van der Waals surface area (Å²) in [5, 5.41) is 1.85. The van der Waals surface area contributed by atoms with Gasteiger partial charge in [0.15, 0.2) is 0 Å². The molecule has 0 N–H and O–H groups in total. The fraction of sp³-hybridized carbons (Fsp3) is 0.333. The molecule has 0 aromatic heterocycles. The zero-order valence-corrected chi connectivity index (χ0v) is 18.6. The van der Waals surface area contributed by atoms with Crippen molar-refractivity contribution in [1.29, 1.82) is 0 Å². The molecular weight excluding hydrogens is 382 g/mol. The van der Waals surface area contributed by atoms with Crippen LogP contribution in [0.25, 0.3) is 0 Å². The molecule has 4 heteroatoms. The molecule has 2 bridgehead atoms. The molecular formula is C24H26O2P2. The van der Waals surface area contributed by atoms with Crippen LogP contribution >= 0.6 is 14.3 Å². The molecule has 0 spiro atoms. The molecule has 28 heavy (non-hydrogen) atoms. The summed E-state index contributed by atoms with van der Waals surface area (Å²) < 4.78 is 29.4. The van der Waals surface area contributed by atoms with Crippen molar-refractivity contribution in [3.8, 4) is 0 Å². The first-order valence-electron chi connectivity index (χ1n) is 9.94. The van der Waals surface area contributed by atoms with E-state index in [1.54, 1.807) is 0 Å². The third-order valence-electron chi connectivity index (χ3n) is 7.72. The van der Waals surface area contributed by atoms with Gasteiger partial charge in [0.05, 0.1) is 0 Å². The molecule has 1 fully saturated rings. The predicted molar refractivity (Wildman–Crippen MR) is 119 cm³/mol. The van der Waals surface area contributed by atoms with Crippen LogP contribution < -0.4 is 10.6 Å². The topological polar surface area (TPSA) is 34.1 Å². The number of hydrogen-bond donors (Lipinski definition) is 0. The summed E-state index contributed by atoms with van der Waals surface area (Å²) >= 11 is 0. The lowest BCUT2D eigenvalue weighted by atomic mass is 9.69. The molecule has 6 atom stereocenters. The Bertz CT molecular complexity index is 1130. The van der Waals surface area contributed by atoms with E-state index in [0.717, 1.165) is 16.2 Å². The minimum Gasteiger partial charge on any atom is -0.317 e. The second-order valence-electron chi connectivity index (χ2n) is 8.84. The Morgan fingerprint density at radius 1 is 0.786 bits per heavy atom. The van der Waals surface area contributed by atoms with Crippen molar-refractivity contribution < 1.29 is 9.13 Å². The van der Waals surface area contributed by atoms with Crippen molar-refractivity contribution in [3.05, 3.63) is 83.2 Å². The van der Waals surface area contributed by atoms with Crippen LogP contribution in [0.1, 0.15) is 27.7 Å². The van der Waals surface area contributed by atoms with Gasteiger partial charge in [-0.15, -0.1) is 0 Å². The quantitative estimate of drug-likeness (QED) is 0.468. The number of allylic oxidation sites excluding steroid dienone is 3. The summed E-state index contributed by atoms with van der Waals surface area (Å²) in [5.74, 6) is 2.05. The third kappa shape index (κ3) is 1.92. The van der Waals surface area contributed by atoms with Gasteiger partial charge in [-0.25, -0.2) is 0 Å². The van der Waals surface area contributed by atoms with E-state index in [0.29, 0.717) is 0 Å². The molecule has 2 aromatic rings. The number of hydrogen-bond acceptors (Lipinski definition) is 2. The molecule has 3 heterocycles. The summed E-state index contributed by atoms with van der Waals surface area (Å²) in [6, 6.07) is 19.8. The van der Waals surface area contributed by atoms with E-state index in [4.69, 9.17) is 0 Å². The standard InChI is InChI=1S/C24H26O2P2/c1-16-15-27(25,19-11-7-5-8-12-19)23-21-17(2)18(3)22(24(16,23)4)28(21,26)20-13-9-6-10-14-20/h5-15,21-23H,1-4H3/t21-,22+,23+,24-,27?,28?/m0/s1. The Morgan fingerprint density at radius 2 is 1.32 bits per heavy atom. The molecule has 144 valence electrons. The molecule has 2 nitrogen and oxygen atoms in total. The van der Waals surface area contributed by atoms with Crippen LogP contribution in [0.2, 0.25) is 0 Å². The first kappa shape index (κ1) is 18.4. The second kappa shape index (κ2) is 5.71. The van der Waals surface area contributed by atoms with E-state index in [-0.39, 0.29) is 22.4 Å². The van der Waals surface area contributed by atoms with Crippen LogP contribution in [0.5, 0.6) is 0 Å². The second-order valence-corrected chi connectivity index (χ2v) is 14.6. The molecule has 5 rings (SSSR count). The summed E-state index contributed by atoms with van der Waals surface area (Å²) in [4.78, 5) is 0. The maximum absolute atomic E-state index is 14.9. The number of fused-ring (bicyclic) bond motifs is 5. The van der Waals surface area contributed by atoms with E-state index in [1.807, 2.05) is 66.5 Å². The Morgan fingerprint density at radius 3 is 1.89 bits per heavy atom. The highest BCUT2D eigenvalue weighted by atomic mass is 31.2. The van der Waals surface area contributed by atoms with E-state index in [9.17, 15) is 9.13 Å². The summed E-state index contributed by atoms with van der Waals surface area (Å²) in [6.45, 7) is 8.60. The van der Waals surface area contributed by atoms with Gasteiger partial charge in [-0.3, -0.25) is 0 Å². The zero-order valence-electron chi connectivity index (χ0n) is 16.8. The van der Waals surface area contributed by atoms with Gasteiger partial charge in [-0.2, -0.15) is 0 Å². The minimum atomic E-state index is -2.82. The molecule has 0 radical (unpaired) electrons. The van der Waals surface area contributed by atoms with Gasteiger partial charge in [-0.05, 0) is 26.6 Å². The van der Waals surface area contributed by atoms with Gasteiger partial charge in [0.1, 0.15) is 14.3 Å². The largest absolute Gasteiger partial charge is 0.317 e. The smallest absolute Gasteiger partial charge is 0.141 e. The summed E-state index contributed by atoms with van der Waals surface area (Å²) in [7, 11) is -5.60. The van der Waals surface area contributed by atoms with Crippen molar-refractivity contribution in [3.63, 3.8) is 0 Å². The fourth-order valence-corrected chi connectivity index (χ4v) is 16.6. The monoisotopic (exact) mass is 408 g/mol. The van der Waals surface area contributed by atoms with Gasteiger partial charge < -0.3 is 9.13 Å². The fourth-order valence-electron chi connectivity index (χ4n) is 6.40. The third-order valence-corrected chi connectivity index (χ3v) is 15.8. The van der Waals surface area contributed by atoms with E-state index < -0.39 is 14.3 Å². The Hall–Kier alpha value is -1.62. The molecule has 0 aliphatic carbocycles. The average Bonchev–Trinajstić information content (AvgIpc) is 3.14. The van der Waals surface area contributed by atoms with Crippen molar-refractivity contribution in [2.24, 2.45) is 5.41 Å².